The quantitative estimate of drug-likeness (QED) is 0.832. The Bertz CT molecular complexity index is 514. The van der Waals surface area contributed by atoms with Gasteiger partial charge in [0, 0.05) is 10.2 Å². The van der Waals surface area contributed by atoms with Gasteiger partial charge in [-0.25, -0.2) is 0 Å². The highest BCUT2D eigenvalue weighted by atomic mass is 79.9. The Balaban J connectivity index is 2.18. The van der Waals surface area contributed by atoms with Gasteiger partial charge in [-0.3, -0.25) is 4.79 Å². The molecule has 2 aromatic rings. The zero-order valence-corrected chi connectivity index (χ0v) is 10.4. The standard InChI is InChI=1S/C9H7BrN4OS/c10-6-3-5(11)1-2-7(6)13-9(15)8-4-12-14-16-8/h1-4H,11H2,(H,13,15). The lowest BCUT2D eigenvalue weighted by molar-refractivity contribution is 0.103. The van der Waals surface area contributed by atoms with Crippen molar-refractivity contribution < 1.29 is 4.79 Å². The van der Waals surface area contributed by atoms with Crippen molar-refractivity contribution in [2.24, 2.45) is 0 Å². The van der Waals surface area contributed by atoms with Gasteiger partial charge in [-0.1, -0.05) is 4.49 Å². The number of aromatic nitrogens is 2. The van der Waals surface area contributed by atoms with Crippen LogP contribution in [0.1, 0.15) is 9.67 Å². The third-order valence-electron chi connectivity index (χ3n) is 1.83. The van der Waals surface area contributed by atoms with E-state index < -0.39 is 0 Å². The van der Waals surface area contributed by atoms with Crippen LogP contribution in [-0.2, 0) is 0 Å². The predicted molar refractivity (Wildman–Crippen MR) is 66.4 cm³/mol. The van der Waals surface area contributed by atoms with Crippen LogP contribution in [-0.4, -0.2) is 15.5 Å². The number of anilines is 2. The fourth-order valence-electron chi connectivity index (χ4n) is 1.08. The molecule has 0 saturated heterocycles. The van der Waals surface area contributed by atoms with Gasteiger partial charge in [0.1, 0.15) is 4.88 Å². The van der Waals surface area contributed by atoms with Crippen molar-refractivity contribution in [3.8, 4) is 0 Å². The van der Waals surface area contributed by atoms with Crippen LogP contribution in [0.5, 0.6) is 0 Å². The van der Waals surface area contributed by atoms with Gasteiger partial charge in [0.2, 0.25) is 0 Å². The van der Waals surface area contributed by atoms with E-state index in [0.29, 0.717) is 16.3 Å². The maximum Gasteiger partial charge on any atom is 0.269 e. The molecule has 3 N–H and O–H groups in total. The summed E-state index contributed by atoms with van der Waals surface area (Å²) in [5, 5.41) is 6.33. The number of hydrogen-bond donors (Lipinski definition) is 2. The summed E-state index contributed by atoms with van der Waals surface area (Å²) in [6.07, 6.45) is 1.42. The van der Waals surface area contributed by atoms with Crippen LogP contribution >= 0.6 is 27.5 Å². The molecule has 1 aromatic heterocycles. The highest BCUT2D eigenvalue weighted by Crippen LogP contribution is 2.25. The van der Waals surface area contributed by atoms with Crippen LogP contribution < -0.4 is 11.1 Å². The Hall–Kier alpha value is -1.47. The van der Waals surface area contributed by atoms with E-state index in [1.807, 2.05) is 0 Å². The van der Waals surface area contributed by atoms with Crippen molar-refractivity contribution >= 4 is 44.7 Å². The first kappa shape index (κ1) is 11.0. The van der Waals surface area contributed by atoms with E-state index in [4.69, 9.17) is 5.73 Å². The molecular weight excluding hydrogens is 292 g/mol. The van der Waals surface area contributed by atoms with Crippen LogP contribution in [0.15, 0.2) is 28.9 Å². The van der Waals surface area contributed by atoms with Gasteiger partial charge in [-0.05, 0) is 45.7 Å². The number of hydrogen-bond acceptors (Lipinski definition) is 5. The lowest BCUT2D eigenvalue weighted by Crippen LogP contribution is -2.10. The fraction of sp³-hybridized carbons (Fsp3) is 0. The Morgan fingerprint density at radius 1 is 1.50 bits per heavy atom. The van der Waals surface area contributed by atoms with Gasteiger partial charge < -0.3 is 11.1 Å². The van der Waals surface area contributed by atoms with E-state index in [-0.39, 0.29) is 5.91 Å². The van der Waals surface area contributed by atoms with Crippen molar-refractivity contribution in [2.45, 2.75) is 0 Å². The van der Waals surface area contributed by atoms with Gasteiger partial charge in [0.05, 0.1) is 11.9 Å². The van der Waals surface area contributed by atoms with Crippen LogP contribution in [0.25, 0.3) is 0 Å². The van der Waals surface area contributed by atoms with Crippen LogP contribution in [0.4, 0.5) is 11.4 Å². The summed E-state index contributed by atoms with van der Waals surface area (Å²) in [5.74, 6) is -0.236. The molecule has 0 saturated carbocycles. The average molecular weight is 299 g/mol. The summed E-state index contributed by atoms with van der Waals surface area (Å²) in [4.78, 5) is 12.1. The van der Waals surface area contributed by atoms with E-state index in [1.165, 1.54) is 6.20 Å². The number of amides is 1. The smallest absolute Gasteiger partial charge is 0.269 e. The van der Waals surface area contributed by atoms with Crippen LogP contribution in [0.3, 0.4) is 0 Å². The number of nitrogens with zero attached hydrogens (tertiary/aromatic N) is 2. The minimum atomic E-state index is -0.236. The van der Waals surface area contributed by atoms with Gasteiger partial charge in [-0.15, -0.1) is 5.10 Å². The topological polar surface area (TPSA) is 80.9 Å². The Labute approximate surface area is 104 Å². The summed E-state index contributed by atoms with van der Waals surface area (Å²) in [7, 11) is 0. The second-order valence-corrected chi connectivity index (χ2v) is 4.62. The molecule has 5 nitrogen and oxygen atoms in total. The molecule has 0 aliphatic rings. The highest BCUT2D eigenvalue weighted by Gasteiger charge is 2.10. The first-order valence-corrected chi connectivity index (χ1v) is 5.87. The number of nitrogen functional groups attached to an aromatic ring is 1. The summed E-state index contributed by atoms with van der Waals surface area (Å²) < 4.78 is 4.36. The van der Waals surface area contributed by atoms with E-state index in [2.05, 4.69) is 30.8 Å². The molecule has 0 radical (unpaired) electrons. The zero-order valence-electron chi connectivity index (χ0n) is 7.98. The predicted octanol–water partition coefficient (Wildman–Crippen LogP) is 2.14. The van der Waals surface area contributed by atoms with Gasteiger partial charge in [0.15, 0.2) is 0 Å². The number of carbonyl (C=O) groups is 1. The largest absolute Gasteiger partial charge is 0.399 e. The second kappa shape index (κ2) is 4.58. The number of nitrogens with two attached hydrogens (primary N) is 1. The van der Waals surface area contributed by atoms with E-state index in [0.717, 1.165) is 16.0 Å². The molecule has 7 heteroatoms. The van der Waals surface area contributed by atoms with Gasteiger partial charge in [-0.2, -0.15) is 0 Å². The van der Waals surface area contributed by atoms with E-state index in [1.54, 1.807) is 18.2 Å². The molecule has 1 amide bonds. The van der Waals surface area contributed by atoms with Crippen molar-refractivity contribution in [1.82, 2.24) is 9.59 Å². The summed E-state index contributed by atoms with van der Waals surface area (Å²) in [6.45, 7) is 0. The molecule has 1 aromatic carbocycles. The van der Waals surface area contributed by atoms with Gasteiger partial charge in [0.25, 0.3) is 5.91 Å². The number of halogens is 1. The monoisotopic (exact) mass is 298 g/mol. The number of rotatable bonds is 2. The minimum absolute atomic E-state index is 0.236. The summed E-state index contributed by atoms with van der Waals surface area (Å²) in [5.41, 5.74) is 6.88. The molecule has 0 aliphatic carbocycles. The first-order valence-electron chi connectivity index (χ1n) is 4.30. The Morgan fingerprint density at radius 2 is 2.31 bits per heavy atom. The third-order valence-corrected chi connectivity index (χ3v) is 3.15. The lowest BCUT2D eigenvalue weighted by Gasteiger charge is -2.06. The van der Waals surface area contributed by atoms with Crippen molar-refractivity contribution in [3.63, 3.8) is 0 Å². The highest BCUT2D eigenvalue weighted by molar-refractivity contribution is 9.10. The molecule has 0 unspecified atom stereocenters. The normalized spacial score (nSPS) is 10.1. The van der Waals surface area contributed by atoms with E-state index in [9.17, 15) is 4.79 Å². The summed E-state index contributed by atoms with van der Waals surface area (Å²) >= 11 is 4.36. The number of benzene rings is 1. The molecular formula is C9H7BrN4OS. The van der Waals surface area contributed by atoms with Crippen LogP contribution in [0.2, 0.25) is 0 Å². The number of carbonyl (C=O) groups excluding carboxylic acids is 1. The first-order chi connectivity index (χ1) is 7.66. The molecule has 0 fully saturated rings. The Kier molecular flexibility index (Phi) is 3.16. The second-order valence-electron chi connectivity index (χ2n) is 2.98. The summed E-state index contributed by atoms with van der Waals surface area (Å²) in [6, 6.07) is 5.16. The van der Waals surface area contributed by atoms with Crippen molar-refractivity contribution in [2.75, 3.05) is 11.1 Å². The fourth-order valence-corrected chi connectivity index (χ4v) is 1.99. The molecule has 1 heterocycles. The Morgan fingerprint density at radius 3 is 2.94 bits per heavy atom. The van der Waals surface area contributed by atoms with Crippen molar-refractivity contribution in [3.05, 3.63) is 33.7 Å². The molecule has 0 spiro atoms. The molecule has 0 bridgehead atoms. The minimum Gasteiger partial charge on any atom is -0.399 e. The zero-order chi connectivity index (χ0) is 11.5. The van der Waals surface area contributed by atoms with E-state index >= 15 is 0 Å². The lowest BCUT2D eigenvalue weighted by atomic mass is 10.3. The van der Waals surface area contributed by atoms with Crippen molar-refractivity contribution in [1.29, 1.82) is 0 Å². The molecule has 82 valence electrons. The maximum atomic E-state index is 11.7. The molecule has 16 heavy (non-hydrogen) atoms. The third kappa shape index (κ3) is 2.37. The van der Waals surface area contributed by atoms with Crippen LogP contribution in [0, 0.1) is 0 Å². The molecule has 2 rings (SSSR count). The SMILES string of the molecule is Nc1ccc(NC(=O)c2cnns2)c(Br)c1. The average Bonchev–Trinajstić information content (AvgIpc) is 2.75. The number of nitrogens with one attached hydrogen (secondary N) is 1. The maximum absolute atomic E-state index is 11.7. The molecule has 0 atom stereocenters. The van der Waals surface area contributed by atoms with Gasteiger partial charge >= 0.3 is 0 Å². The molecule has 0 aliphatic heterocycles.